The molecule has 3 aliphatic rings. The van der Waals surface area contributed by atoms with Crippen LogP contribution in [0.25, 0.3) is 0 Å². The van der Waals surface area contributed by atoms with Crippen molar-refractivity contribution in [1.82, 2.24) is 5.32 Å². The Bertz CT molecular complexity index is 924. The number of aliphatic hydroxyl groups is 7. The highest BCUT2D eigenvalue weighted by atomic mass is 32.3. The van der Waals surface area contributed by atoms with Gasteiger partial charge in [0.05, 0.1) is 32.0 Å². The number of carbonyl (C=O) groups excluding carboxylic acids is 1. The molecule has 18 nitrogen and oxygen atoms in total. The Kier molecular flexibility index (Phi) is 11.0. The van der Waals surface area contributed by atoms with Gasteiger partial charge >= 0.3 is 10.4 Å². The zero-order valence-electron chi connectivity index (χ0n) is 20.9. The molecule has 14 atom stereocenters. The van der Waals surface area contributed by atoms with Crippen molar-refractivity contribution < 1.29 is 81.4 Å². The molecule has 228 valence electrons. The van der Waals surface area contributed by atoms with Crippen molar-refractivity contribution in [2.24, 2.45) is 0 Å². The second-order valence-electron chi connectivity index (χ2n) is 9.44. The summed E-state index contributed by atoms with van der Waals surface area (Å²) in [4.78, 5) is 11.9. The molecular formula is C20H35NO17S. The average molecular weight is 594 g/mol. The highest BCUT2D eigenvalue weighted by molar-refractivity contribution is 7.80. The van der Waals surface area contributed by atoms with Gasteiger partial charge in [-0.15, -0.1) is 0 Å². The molecule has 0 saturated carbocycles. The van der Waals surface area contributed by atoms with Gasteiger partial charge in [-0.3, -0.25) is 9.35 Å². The van der Waals surface area contributed by atoms with Crippen molar-refractivity contribution in [2.45, 2.75) is 99.6 Å². The SMILES string of the molecule is CC(=O)N[C@H]1CO[C@H](CO)[C@@H](O[C@@H]2O[C@H](CO)[C@H](O)[C@H](OS(=O)(=O)O)[C@H]2O)[C@@H]1O[C@@H]1O[C@@H](C)[C@@H](O)[C@@H](O)[C@@H]1O. The number of aliphatic hydroxyl groups excluding tert-OH is 7. The molecular weight excluding hydrogens is 558 g/mol. The fourth-order valence-electron chi connectivity index (χ4n) is 4.59. The number of ether oxygens (including phenoxy) is 5. The largest absolute Gasteiger partial charge is 0.397 e. The Morgan fingerprint density at radius 2 is 1.44 bits per heavy atom. The summed E-state index contributed by atoms with van der Waals surface area (Å²) in [5.74, 6) is -0.550. The molecule has 0 unspecified atom stereocenters. The molecule has 3 saturated heterocycles. The van der Waals surface area contributed by atoms with Crippen molar-refractivity contribution in [2.75, 3.05) is 19.8 Å². The number of carbonyl (C=O) groups is 1. The first-order valence-electron chi connectivity index (χ1n) is 12.0. The van der Waals surface area contributed by atoms with Gasteiger partial charge in [0.2, 0.25) is 5.91 Å². The van der Waals surface area contributed by atoms with Crippen LogP contribution in [0.4, 0.5) is 0 Å². The van der Waals surface area contributed by atoms with E-state index in [0.717, 1.165) is 0 Å². The molecule has 3 aliphatic heterocycles. The van der Waals surface area contributed by atoms with E-state index >= 15 is 0 Å². The Labute approximate surface area is 222 Å². The van der Waals surface area contributed by atoms with E-state index in [9.17, 15) is 49.0 Å². The van der Waals surface area contributed by atoms with Crippen LogP contribution in [0.1, 0.15) is 13.8 Å². The maximum absolute atomic E-state index is 11.9. The van der Waals surface area contributed by atoms with Gasteiger partial charge in [-0.05, 0) is 6.92 Å². The molecule has 39 heavy (non-hydrogen) atoms. The molecule has 9 N–H and O–H groups in total. The second kappa shape index (κ2) is 13.2. The van der Waals surface area contributed by atoms with Crippen LogP contribution in [-0.4, -0.2) is 160 Å². The van der Waals surface area contributed by atoms with E-state index in [1.54, 1.807) is 0 Å². The van der Waals surface area contributed by atoms with Crippen LogP contribution in [0.2, 0.25) is 0 Å². The second-order valence-corrected chi connectivity index (χ2v) is 10.5. The lowest BCUT2D eigenvalue weighted by atomic mass is 9.95. The Morgan fingerprint density at radius 3 is 2.00 bits per heavy atom. The summed E-state index contributed by atoms with van der Waals surface area (Å²) in [7, 11) is -5.20. The fourth-order valence-corrected chi connectivity index (χ4v) is 5.10. The van der Waals surface area contributed by atoms with Crippen LogP contribution >= 0.6 is 0 Å². The number of rotatable bonds is 9. The first kappa shape index (κ1) is 32.4. The molecule has 0 aromatic heterocycles. The molecule has 0 aliphatic carbocycles. The van der Waals surface area contributed by atoms with E-state index in [2.05, 4.69) is 9.50 Å². The molecule has 3 fully saturated rings. The number of hydrogen-bond acceptors (Lipinski definition) is 16. The molecule has 19 heteroatoms. The van der Waals surface area contributed by atoms with Crippen molar-refractivity contribution in [1.29, 1.82) is 0 Å². The van der Waals surface area contributed by atoms with Crippen molar-refractivity contribution in [3.63, 3.8) is 0 Å². The first-order valence-corrected chi connectivity index (χ1v) is 13.3. The summed E-state index contributed by atoms with van der Waals surface area (Å²) in [5, 5.41) is 73.6. The molecule has 1 amide bonds. The third-order valence-electron chi connectivity index (χ3n) is 6.59. The molecule has 0 aromatic carbocycles. The van der Waals surface area contributed by atoms with E-state index in [1.165, 1.54) is 13.8 Å². The van der Waals surface area contributed by atoms with Gasteiger partial charge in [-0.2, -0.15) is 8.42 Å². The lowest BCUT2D eigenvalue weighted by Gasteiger charge is -2.48. The minimum Gasteiger partial charge on any atom is -0.394 e. The summed E-state index contributed by atoms with van der Waals surface area (Å²) in [6.45, 7) is 0.705. The number of nitrogens with one attached hydrogen (secondary N) is 1. The average Bonchev–Trinajstić information content (AvgIpc) is 2.86. The van der Waals surface area contributed by atoms with E-state index in [0.29, 0.717) is 0 Å². The van der Waals surface area contributed by atoms with E-state index in [4.69, 9.17) is 28.2 Å². The summed E-state index contributed by atoms with van der Waals surface area (Å²) < 4.78 is 64.1. The van der Waals surface area contributed by atoms with Gasteiger partial charge in [-0.25, -0.2) is 4.18 Å². The van der Waals surface area contributed by atoms with Crippen LogP contribution in [0.5, 0.6) is 0 Å². The molecule has 3 heterocycles. The quantitative estimate of drug-likeness (QED) is 0.112. The Morgan fingerprint density at radius 1 is 0.846 bits per heavy atom. The highest BCUT2D eigenvalue weighted by Crippen LogP contribution is 2.32. The molecule has 0 spiro atoms. The topological polar surface area (TPSA) is 280 Å². The molecule has 3 rings (SSSR count). The van der Waals surface area contributed by atoms with Gasteiger partial charge in [0.25, 0.3) is 0 Å². The molecule has 0 radical (unpaired) electrons. The lowest BCUT2D eigenvalue weighted by Crippen LogP contribution is -2.67. The molecule has 0 aromatic rings. The third-order valence-corrected chi connectivity index (χ3v) is 7.06. The summed E-state index contributed by atoms with van der Waals surface area (Å²) >= 11 is 0. The predicted molar refractivity (Wildman–Crippen MR) is 121 cm³/mol. The van der Waals surface area contributed by atoms with Crippen LogP contribution in [0, 0.1) is 0 Å². The standard InChI is InChI=1S/C20H35NO17S/c1-6-11(25)13(27)14(28)19(34-6)36-16-8(21-7(2)24)5-33-10(4-23)17(16)37-20-15(29)18(38-39(30,31)32)12(26)9(3-22)35-20/h6,8-20,22-23,25-29H,3-5H2,1-2H3,(H,21,24)(H,30,31,32)/t6-,8-,9+,10+,11+,12-,13+,14-,15+,16+,17+,18-,19-,20-/m0/s1. The highest BCUT2D eigenvalue weighted by Gasteiger charge is 2.53. The Balaban J connectivity index is 1.92. The normalized spacial score (nSPS) is 45.6. The number of amides is 1. The van der Waals surface area contributed by atoms with Gasteiger partial charge in [0.1, 0.15) is 61.0 Å². The van der Waals surface area contributed by atoms with Crippen LogP contribution in [0.3, 0.4) is 0 Å². The number of hydrogen-bond donors (Lipinski definition) is 9. The van der Waals surface area contributed by atoms with Gasteiger partial charge in [0.15, 0.2) is 12.6 Å². The summed E-state index contributed by atoms with van der Waals surface area (Å²) in [6.07, 6.45) is -21.2. The fraction of sp³-hybridized carbons (Fsp3) is 0.950. The maximum atomic E-state index is 11.9. The maximum Gasteiger partial charge on any atom is 0.397 e. The molecule has 0 bridgehead atoms. The zero-order valence-corrected chi connectivity index (χ0v) is 21.7. The van der Waals surface area contributed by atoms with Gasteiger partial charge in [0, 0.05) is 6.92 Å². The van der Waals surface area contributed by atoms with Crippen LogP contribution in [-0.2, 0) is 43.1 Å². The van der Waals surface area contributed by atoms with E-state index in [-0.39, 0.29) is 6.61 Å². The van der Waals surface area contributed by atoms with E-state index in [1.807, 2.05) is 0 Å². The monoisotopic (exact) mass is 593 g/mol. The minimum absolute atomic E-state index is 0.251. The summed E-state index contributed by atoms with van der Waals surface area (Å²) in [6, 6.07) is -1.05. The van der Waals surface area contributed by atoms with Crippen molar-refractivity contribution >= 4 is 16.3 Å². The zero-order chi connectivity index (χ0) is 29.2. The minimum atomic E-state index is -5.20. The van der Waals surface area contributed by atoms with Crippen LogP contribution in [0.15, 0.2) is 0 Å². The first-order chi connectivity index (χ1) is 18.2. The Hall–Kier alpha value is -1.14. The van der Waals surface area contributed by atoms with E-state index < -0.39 is 115 Å². The van der Waals surface area contributed by atoms with Gasteiger partial charge in [-0.1, -0.05) is 0 Å². The van der Waals surface area contributed by atoms with Crippen LogP contribution < -0.4 is 5.32 Å². The lowest BCUT2D eigenvalue weighted by molar-refractivity contribution is -0.355. The smallest absolute Gasteiger partial charge is 0.394 e. The predicted octanol–water partition coefficient (Wildman–Crippen LogP) is -5.89. The van der Waals surface area contributed by atoms with Crippen molar-refractivity contribution in [3.8, 4) is 0 Å². The summed E-state index contributed by atoms with van der Waals surface area (Å²) in [5.41, 5.74) is 0. The van der Waals surface area contributed by atoms with Gasteiger partial charge < -0.3 is 64.7 Å². The third kappa shape index (κ3) is 7.58. The van der Waals surface area contributed by atoms with Crippen molar-refractivity contribution in [3.05, 3.63) is 0 Å².